The van der Waals surface area contributed by atoms with Gasteiger partial charge in [-0.05, 0) is 56.1 Å². The SMILES string of the molecule is Clc1ccc(OCCCN2CCCC2)c(-c2ccccc2)c1. The van der Waals surface area contributed by atoms with E-state index in [9.17, 15) is 0 Å². The van der Waals surface area contributed by atoms with E-state index in [0.717, 1.165) is 41.5 Å². The molecular weight excluding hydrogens is 294 g/mol. The predicted molar refractivity (Wildman–Crippen MR) is 92.7 cm³/mol. The molecule has 1 fully saturated rings. The average molecular weight is 316 g/mol. The van der Waals surface area contributed by atoms with Crippen molar-refractivity contribution in [3.05, 3.63) is 53.6 Å². The van der Waals surface area contributed by atoms with Gasteiger partial charge >= 0.3 is 0 Å². The van der Waals surface area contributed by atoms with Gasteiger partial charge in [0.25, 0.3) is 0 Å². The Hall–Kier alpha value is -1.51. The minimum Gasteiger partial charge on any atom is -0.493 e. The summed E-state index contributed by atoms with van der Waals surface area (Å²) in [7, 11) is 0. The molecule has 3 rings (SSSR count). The minimum absolute atomic E-state index is 0.739. The van der Waals surface area contributed by atoms with Crippen molar-refractivity contribution in [1.29, 1.82) is 0 Å². The molecule has 2 aromatic carbocycles. The normalized spacial score (nSPS) is 15.1. The first-order chi connectivity index (χ1) is 10.8. The van der Waals surface area contributed by atoms with Crippen LogP contribution in [0.5, 0.6) is 5.75 Å². The summed E-state index contributed by atoms with van der Waals surface area (Å²) in [5.41, 5.74) is 2.20. The van der Waals surface area contributed by atoms with E-state index in [1.54, 1.807) is 0 Å². The van der Waals surface area contributed by atoms with Crippen LogP contribution in [0.15, 0.2) is 48.5 Å². The first-order valence-electron chi connectivity index (χ1n) is 8.03. The summed E-state index contributed by atoms with van der Waals surface area (Å²) in [4.78, 5) is 2.52. The van der Waals surface area contributed by atoms with Crippen LogP contribution in [-0.4, -0.2) is 31.1 Å². The highest BCUT2D eigenvalue weighted by Gasteiger charge is 2.11. The highest BCUT2D eigenvalue weighted by Crippen LogP contribution is 2.32. The second-order valence-electron chi connectivity index (χ2n) is 5.76. The highest BCUT2D eigenvalue weighted by atomic mass is 35.5. The van der Waals surface area contributed by atoms with Gasteiger partial charge in [0.15, 0.2) is 0 Å². The van der Waals surface area contributed by atoms with E-state index in [1.165, 1.54) is 25.9 Å². The number of ether oxygens (including phenoxy) is 1. The fraction of sp³-hybridized carbons (Fsp3) is 0.368. The van der Waals surface area contributed by atoms with Crippen molar-refractivity contribution in [2.45, 2.75) is 19.3 Å². The fourth-order valence-electron chi connectivity index (χ4n) is 2.95. The molecule has 0 bridgehead atoms. The van der Waals surface area contributed by atoms with Gasteiger partial charge in [-0.1, -0.05) is 41.9 Å². The Morgan fingerprint density at radius 3 is 2.55 bits per heavy atom. The lowest BCUT2D eigenvalue weighted by Crippen LogP contribution is -2.21. The standard InChI is InChI=1S/C19H22ClNO/c20-17-9-10-19(18(15-17)16-7-2-1-3-8-16)22-14-6-13-21-11-4-5-12-21/h1-3,7-10,15H,4-6,11-14H2. The molecule has 0 N–H and O–H groups in total. The van der Waals surface area contributed by atoms with Crippen molar-refractivity contribution in [1.82, 2.24) is 4.90 Å². The third-order valence-electron chi connectivity index (χ3n) is 4.10. The molecule has 1 aliphatic rings. The zero-order chi connectivity index (χ0) is 15.2. The molecule has 1 saturated heterocycles. The van der Waals surface area contributed by atoms with E-state index < -0.39 is 0 Å². The summed E-state index contributed by atoms with van der Waals surface area (Å²) in [5.74, 6) is 0.914. The second kappa shape index (κ2) is 7.66. The summed E-state index contributed by atoms with van der Waals surface area (Å²) in [6, 6.07) is 16.1. The Labute approximate surface area is 137 Å². The van der Waals surface area contributed by atoms with E-state index in [1.807, 2.05) is 36.4 Å². The summed E-state index contributed by atoms with van der Waals surface area (Å²) < 4.78 is 6.02. The molecule has 116 valence electrons. The van der Waals surface area contributed by atoms with Gasteiger partial charge < -0.3 is 9.64 Å². The van der Waals surface area contributed by atoms with Crippen molar-refractivity contribution >= 4 is 11.6 Å². The molecule has 0 saturated carbocycles. The Morgan fingerprint density at radius 1 is 1.00 bits per heavy atom. The number of benzene rings is 2. The minimum atomic E-state index is 0.739. The third-order valence-corrected chi connectivity index (χ3v) is 4.34. The molecule has 0 spiro atoms. The average Bonchev–Trinajstić information content (AvgIpc) is 3.07. The Bertz CT molecular complexity index is 594. The molecule has 0 aromatic heterocycles. The van der Waals surface area contributed by atoms with Gasteiger partial charge in [0.05, 0.1) is 6.61 Å². The Balaban J connectivity index is 1.63. The molecule has 2 nitrogen and oxygen atoms in total. The van der Waals surface area contributed by atoms with Gasteiger partial charge in [-0.25, -0.2) is 0 Å². The molecule has 0 radical (unpaired) electrons. The van der Waals surface area contributed by atoms with E-state index in [0.29, 0.717) is 0 Å². The quantitative estimate of drug-likeness (QED) is 0.705. The van der Waals surface area contributed by atoms with Gasteiger partial charge in [-0.15, -0.1) is 0 Å². The smallest absolute Gasteiger partial charge is 0.127 e. The zero-order valence-corrected chi connectivity index (χ0v) is 13.6. The van der Waals surface area contributed by atoms with Crippen LogP contribution < -0.4 is 4.74 Å². The number of halogens is 1. The van der Waals surface area contributed by atoms with E-state index >= 15 is 0 Å². The summed E-state index contributed by atoms with van der Waals surface area (Å²) >= 11 is 6.15. The topological polar surface area (TPSA) is 12.5 Å². The molecule has 2 aromatic rings. The Kier molecular flexibility index (Phi) is 5.36. The number of likely N-dealkylation sites (tertiary alicyclic amines) is 1. The number of hydrogen-bond acceptors (Lipinski definition) is 2. The van der Waals surface area contributed by atoms with Crippen molar-refractivity contribution in [2.75, 3.05) is 26.2 Å². The van der Waals surface area contributed by atoms with Gasteiger partial charge in [0.1, 0.15) is 5.75 Å². The summed E-state index contributed by atoms with van der Waals surface area (Å²) in [6.45, 7) is 4.37. The van der Waals surface area contributed by atoms with Crippen LogP contribution in [0.25, 0.3) is 11.1 Å². The lowest BCUT2D eigenvalue weighted by Gasteiger charge is -2.16. The third kappa shape index (κ3) is 4.02. The molecular formula is C19H22ClNO. The molecule has 1 heterocycles. The zero-order valence-electron chi connectivity index (χ0n) is 12.8. The van der Waals surface area contributed by atoms with Gasteiger partial charge in [0.2, 0.25) is 0 Å². The molecule has 0 aliphatic carbocycles. The molecule has 22 heavy (non-hydrogen) atoms. The van der Waals surface area contributed by atoms with Crippen molar-refractivity contribution in [2.24, 2.45) is 0 Å². The van der Waals surface area contributed by atoms with Crippen LogP contribution in [0.1, 0.15) is 19.3 Å². The van der Waals surface area contributed by atoms with Crippen molar-refractivity contribution in [3.63, 3.8) is 0 Å². The maximum Gasteiger partial charge on any atom is 0.127 e. The van der Waals surface area contributed by atoms with Crippen LogP contribution >= 0.6 is 11.6 Å². The molecule has 3 heteroatoms. The lowest BCUT2D eigenvalue weighted by molar-refractivity contribution is 0.264. The molecule has 0 atom stereocenters. The number of hydrogen-bond donors (Lipinski definition) is 0. The van der Waals surface area contributed by atoms with Crippen LogP contribution in [-0.2, 0) is 0 Å². The number of nitrogens with zero attached hydrogens (tertiary/aromatic N) is 1. The van der Waals surface area contributed by atoms with E-state index in [4.69, 9.17) is 16.3 Å². The van der Waals surface area contributed by atoms with Gasteiger partial charge in [-0.3, -0.25) is 0 Å². The van der Waals surface area contributed by atoms with Crippen LogP contribution in [0.2, 0.25) is 5.02 Å². The first-order valence-corrected chi connectivity index (χ1v) is 8.41. The van der Waals surface area contributed by atoms with Crippen molar-refractivity contribution in [3.8, 4) is 16.9 Å². The summed E-state index contributed by atoms with van der Waals surface area (Å²) in [5, 5.41) is 0.739. The molecule has 1 aliphatic heterocycles. The maximum atomic E-state index is 6.15. The fourth-order valence-corrected chi connectivity index (χ4v) is 3.12. The monoisotopic (exact) mass is 315 g/mol. The van der Waals surface area contributed by atoms with E-state index in [2.05, 4.69) is 17.0 Å². The first kappa shape index (κ1) is 15.4. The van der Waals surface area contributed by atoms with Gasteiger partial charge in [-0.2, -0.15) is 0 Å². The Morgan fingerprint density at radius 2 is 1.77 bits per heavy atom. The van der Waals surface area contributed by atoms with Crippen molar-refractivity contribution < 1.29 is 4.74 Å². The highest BCUT2D eigenvalue weighted by molar-refractivity contribution is 6.31. The predicted octanol–water partition coefficient (Wildman–Crippen LogP) is 4.87. The van der Waals surface area contributed by atoms with Crippen LogP contribution in [0, 0.1) is 0 Å². The second-order valence-corrected chi connectivity index (χ2v) is 6.19. The van der Waals surface area contributed by atoms with Crippen LogP contribution in [0.3, 0.4) is 0 Å². The van der Waals surface area contributed by atoms with Crippen LogP contribution in [0.4, 0.5) is 0 Å². The van der Waals surface area contributed by atoms with E-state index in [-0.39, 0.29) is 0 Å². The summed E-state index contributed by atoms with van der Waals surface area (Å²) in [6.07, 6.45) is 3.75. The largest absolute Gasteiger partial charge is 0.493 e. The lowest BCUT2D eigenvalue weighted by atomic mass is 10.0. The molecule has 0 amide bonds. The molecule has 0 unspecified atom stereocenters. The van der Waals surface area contributed by atoms with Gasteiger partial charge in [0, 0.05) is 17.1 Å². The maximum absolute atomic E-state index is 6.15. The number of rotatable bonds is 6.